The molecule has 1 aromatic rings. The van der Waals surface area contributed by atoms with E-state index in [0.29, 0.717) is 29.6 Å². The van der Waals surface area contributed by atoms with Gasteiger partial charge in [-0.05, 0) is 24.6 Å². The summed E-state index contributed by atoms with van der Waals surface area (Å²) in [5, 5.41) is 2.28. The van der Waals surface area contributed by atoms with Gasteiger partial charge in [-0.25, -0.2) is 18.5 Å². The van der Waals surface area contributed by atoms with E-state index in [1.54, 1.807) is 18.4 Å². The van der Waals surface area contributed by atoms with Crippen molar-refractivity contribution in [3.05, 3.63) is 64.0 Å². The molecule has 3 aliphatic heterocycles. The Hall–Kier alpha value is -2.49. The molecule has 0 spiro atoms. The summed E-state index contributed by atoms with van der Waals surface area (Å²) in [5.41, 5.74) is 3.55. The molecule has 1 aromatic carbocycles. The van der Waals surface area contributed by atoms with E-state index < -0.39 is 10.0 Å². The van der Waals surface area contributed by atoms with Gasteiger partial charge in [-0.3, -0.25) is 9.56 Å². The number of hydroxylamine groups is 2. The molecule has 4 rings (SSSR count). The largest absolute Gasteiger partial charge is 0.320 e. The Morgan fingerprint density at radius 2 is 2.00 bits per heavy atom. The first-order valence-electron chi connectivity index (χ1n) is 8.57. The van der Waals surface area contributed by atoms with Gasteiger partial charge in [0, 0.05) is 6.54 Å². The van der Waals surface area contributed by atoms with Crippen LogP contribution in [0.4, 0.5) is 5.69 Å². The first-order valence-corrected chi connectivity index (χ1v) is 10.8. The standard InChI is InChI=1S/C18H20ClN5O3S/c1-12-9-23(15-7-5-4-6-14(15)19)18-17(16(12)21-28(3,25)26)20-8-13-10-22(27-2)11-24(13)18/h4-8,10,21H,9,11H2,1-3H3. The second kappa shape index (κ2) is 6.84. The lowest BCUT2D eigenvalue weighted by molar-refractivity contribution is -0.0951. The molecule has 0 bridgehead atoms. The molecule has 28 heavy (non-hydrogen) atoms. The number of aliphatic imine (C=N–C) groups is 1. The minimum atomic E-state index is -3.46. The van der Waals surface area contributed by atoms with Gasteiger partial charge in [-0.1, -0.05) is 23.7 Å². The summed E-state index contributed by atoms with van der Waals surface area (Å²) < 4.78 is 26.5. The fourth-order valence-electron chi connectivity index (χ4n) is 3.43. The monoisotopic (exact) mass is 421 g/mol. The van der Waals surface area contributed by atoms with Gasteiger partial charge < -0.3 is 9.80 Å². The number of hydrogen-bond acceptors (Lipinski definition) is 7. The van der Waals surface area contributed by atoms with Gasteiger partial charge >= 0.3 is 0 Å². The van der Waals surface area contributed by atoms with E-state index in [1.165, 1.54) is 0 Å². The van der Waals surface area contributed by atoms with Crippen LogP contribution in [0.25, 0.3) is 0 Å². The number of halogens is 1. The van der Waals surface area contributed by atoms with Crippen molar-refractivity contribution < 1.29 is 13.3 Å². The highest BCUT2D eigenvalue weighted by Crippen LogP contribution is 2.40. The van der Waals surface area contributed by atoms with Crippen LogP contribution >= 0.6 is 11.6 Å². The molecule has 148 valence electrons. The average Bonchev–Trinajstić information content (AvgIpc) is 3.06. The highest BCUT2D eigenvalue weighted by molar-refractivity contribution is 7.88. The summed E-state index contributed by atoms with van der Waals surface area (Å²) in [6.45, 7) is 2.79. The van der Waals surface area contributed by atoms with Crippen molar-refractivity contribution >= 4 is 33.5 Å². The molecular weight excluding hydrogens is 402 g/mol. The lowest BCUT2D eigenvalue weighted by Gasteiger charge is -2.41. The summed E-state index contributed by atoms with van der Waals surface area (Å²) in [6.07, 6.45) is 4.67. The number of fused-ring (bicyclic) bond motifs is 2. The summed E-state index contributed by atoms with van der Waals surface area (Å²) in [6, 6.07) is 7.55. The molecule has 8 nitrogen and oxygen atoms in total. The third kappa shape index (κ3) is 3.25. The molecule has 3 heterocycles. The Kier molecular flexibility index (Phi) is 4.60. The highest BCUT2D eigenvalue weighted by atomic mass is 35.5. The Morgan fingerprint density at radius 1 is 1.25 bits per heavy atom. The summed E-state index contributed by atoms with van der Waals surface area (Å²) in [5.74, 6) is 0.748. The van der Waals surface area contributed by atoms with E-state index in [9.17, 15) is 8.42 Å². The van der Waals surface area contributed by atoms with Crippen LogP contribution in [0, 0.1) is 0 Å². The number of allylic oxidation sites excluding steroid dienone is 1. The lowest BCUT2D eigenvalue weighted by Crippen LogP contribution is -2.44. The maximum Gasteiger partial charge on any atom is 0.229 e. The normalized spacial score (nSPS) is 19.1. The summed E-state index contributed by atoms with van der Waals surface area (Å²) in [4.78, 5) is 14.0. The van der Waals surface area contributed by atoms with Crippen molar-refractivity contribution in [2.45, 2.75) is 6.92 Å². The van der Waals surface area contributed by atoms with E-state index in [2.05, 4.69) is 9.71 Å². The van der Waals surface area contributed by atoms with Crippen molar-refractivity contribution in [2.75, 3.05) is 31.5 Å². The maximum atomic E-state index is 11.9. The van der Waals surface area contributed by atoms with Crippen LogP contribution in [0.2, 0.25) is 5.02 Å². The number of hydrogen-bond donors (Lipinski definition) is 1. The van der Waals surface area contributed by atoms with Crippen LogP contribution < -0.4 is 9.62 Å². The molecule has 0 radical (unpaired) electrons. The van der Waals surface area contributed by atoms with Gasteiger partial charge in [0.05, 0.1) is 47.9 Å². The molecule has 3 aliphatic rings. The van der Waals surface area contributed by atoms with Crippen molar-refractivity contribution in [1.29, 1.82) is 0 Å². The Morgan fingerprint density at radius 3 is 2.68 bits per heavy atom. The van der Waals surface area contributed by atoms with Gasteiger partial charge in [0.25, 0.3) is 0 Å². The van der Waals surface area contributed by atoms with E-state index in [1.807, 2.05) is 47.2 Å². The Bertz CT molecular complexity index is 1060. The first kappa shape index (κ1) is 18.9. The number of nitrogens with one attached hydrogen (secondary N) is 1. The number of benzene rings is 1. The molecule has 0 amide bonds. The van der Waals surface area contributed by atoms with Crippen molar-refractivity contribution in [1.82, 2.24) is 14.7 Å². The van der Waals surface area contributed by atoms with Crippen molar-refractivity contribution in [3.8, 4) is 0 Å². The molecule has 10 heteroatoms. The van der Waals surface area contributed by atoms with Crippen molar-refractivity contribution in [2.24, 2.45) is 4.99 Å². The molecule has 0 aromatic heterocycles. The predicted molar refractivity (Wildman–Crippen MR) is 109 cm³/mol. The van der Waals surface area contributed by atoms with Gasteiger partial charge in [-0.2, -0.15) is 0 Å². The smallest absolute Gasteiger partial charge is 0.229 e. The summed E-state index contributed by atoms with van der Waals surface area (Å²) in [7, 11) is -1.87. The quantitative estimate of drug-likeness (QED) is 0.803. The minimum Gasteiger partial charge on any atom is -0.320 e. The number of anilines is 1. The molecule has 1 N–H and O–H groups in total. The van der Waals surface area contributed by atoms with Crippen LogP contribution in [0.3, 0.4) is 0 Å². The van der Waals surface area contributed by atoms with Crippen LogP contribution in [0.1, 0.15) is 6.92 Å². The average molecular weight is 422 g/mol. The zero-order valence-electron chi connectivity index (χ0n) is 15.7. The number of nitrogens with zero attached hydrogens (tertiary/aromatic N) is 4. The molecule has 0 saturated heterocycles. The third-order valence-electron chi connectivity index (χ3n) is 4.64. The molecule has 0 aliphatic carbocycles. The number of rotatable bonds is 4. The van der Waals surface area contributed by atoms with Gasteiger partial charge in [0.1, 0.15) is 18.2 Å². The van der Waals surface area contributed by atoms with E-state index in [-0.39, 0.29) is 0 Å². The first-order chi connectivity index (χ1) is 13.3. The van der Waals surface area contributed by atoms with Crippen LogP contribution in [-0.4, -0.2) is 51.2 Å². The second-order valence-corrected chi connectivity index (χ2v) is 8.88. The topological polar surface area (TPSA) is 77.5 Å². The SMILES string of the molecule is CON1C=C2C=NC3=C(N2C1)N(c1ccccc1Cl)CC(C)=C3NS(C)(=O)=O. The highest BCUT2D eigenvalue weighted by Gasteiger charge is 2.37. The third-order valence-corrected chi connectivity index (χ3v) is 5.54. The molecule has 0 fully saturated rings. The zero-order valence-corrected chi connectivity index (χ0v) is 17.3. The lowest BCUT2D eigenvalue weighted by atomic mass is 10.1. The molecule has 0 atom stereocenters. The fourth-order valence-corrected chi connectivity index (χ4v) is 4.31. The predicted octanol–water partition coefficient (Wildman–Crippen LogP) is 2.21. The zero-order chi connectivity index (χ0) is 20.1. The van der Waals surface area contributed by atoms with Gasteiger partial charge in [0.2, 0.25) is 10.0 Å². The summed E-state index contributed by atoms with van der Waals surface area (Å²) >= 11 is 6.48. The van der Waals surface area contributed by atoms with Crippen molar-refractivity contribution in [3.63, 3.8) is 0 Å². The van der Waals surface area contributed by atoms with E-state index in [4.69, 9.17) is 16.4 Å². The Labute approximate surface area is 169 Å². The molecule has 0 unspecified atom stereocenters. The second-order valence-electron chi connectivity index (χ2n) is 6.72. The van der Waals surface area contributed by atoms with Crippen LogP contribution in [0.5, 0.6) is 0 Å². The molecule has 0 saturated carbocycles. The van der Waals surface area contributed by atoms with Crippen LogP contribution in [-0.2, 0) is 14.9 Å². The van der Waals surface area contributed by atoms with Crippen LogP contribution in [0.15, 0.2) is 63.9 Å². The van der Waals surface area contributed by atoms with Gasteiger partial charge in [0.15, 0.2) is 0 Å². The molecular formula is C18H20ClN5O3S. The number of sulfonamides is 1. The van der Waals surface area contributed by atoms with Gasteiger partial charge in [-0.15, -0.1) is 0 Å². The number of para-hydroxylation sites is 1. The Balaban J connectivity index is 1.88. The fraction of sp³-hybridized carbons (Fsp3) is 0.278. The minimum absolute atomic E-state index is 0.447. The maximum absolute atomic E-state index is 11.9. The van der Waals surface area contributed by atoms with E-state index in [0.717, 1.165) is 29.0 Å². The van der Waals surface area contributed by atoms with E-state index >= 15 is 0 Å².